The molecule has 4 heteroatoms. The third-order valence-electron chi connectivity index (χ3n) is 6.17. The van der Waals surface area contributed by atoms with Crippen molar-refractivity contribution in [3.8, 4) is 0 Å². The Labute approximate surface area is 150 Å². The zero-order valence-corrected chi connectivity index (χ0v) is 14.4. The first kappa shape index (κ1) is 15.4. The lowest BCUT2D eigenvalue weighted by Crippen LogP contribution is -2.63. The van der Waals surface area contributed by atoms with Crippen LogP contribution in [0.1, 0.15) is 52.6 Å². The Morgan fingerprint density at radius 1 is 0.500 bits per heavy atom. The summed E-state index contributed by atoms with van der Waals surface area (Å²) in [5, 5.41) is 0. The molecular formula is C22H16O4. The average molecular weight is 344 g/mol. The summed E-state index contributed by atoms with van der Waals surface area (Å²) in [4.78, 5) is 52.1. The zero-order chi connectivity index (χ0) is 18.3. The van der Waals surface area contributed by atoms with E-state index in [1.54, 1.807) is 36.4 Å². The van der Waals surface area contributed by atoms with Gasteiger partial charge in [0.05, 0.1) is 0 Å². The van der Waals surface area contributed by atoms with E-state index in [1.807, 2.05) is 13.8 Å². The normalized spacial score (nSPS) is 28.7. The Morgan fingerprint density at radius 2 is 0.808 bits per heavy atom. The van der Waals surface area contributed by atoms with Crippen LogP contribution in [0.25, 0.3) is 0 Å². The highest BCUT2D eigenvalue weighted by atomic mass is 16.2. The molecule has 4 nitrogen and oxygen atoms in total. The molecule has 0 unspecified atom stereocenters. The van der Waals surface area contributed by atoms with E-state index >= 15 is 0 Å². The molecular weight excluding hydrogens is 328 g/mol. The maximum absolute atomic E-state index is 13.0. The number of carbonyl (C=O) groups excluding carboxylic acids is 4. The van der Waals surface area contributed by atoms with Crippen LogP contribution in [0.15, 0.2) is 36.4 Å². The highest BCUT2D eigenvalue weighted by Gasteiger charge is 2.66. The van der Waals surface area contributed by atoms with Crippen LogP contribution in [0, 0.1) is 37.5 Å². The molecule has 0 N–H and O–H groups in total. The smallest absolute Gasteiger partial charge is 0.168 e. The highest BCUT2D eigenvalue weighted by molar-refractivity contribution is 6.26. The Kier molecular flexibility index (Phi) is 2.87. The second kappa shape index (κ2) is 4.85. The lowest BCUT2D eigenvalue weighted by molar-refractivity contribution is 0.00250. The molecule has 0 saturated heterocycles. The second-order valence-corrected chi connectivity index (χ2v) is 7.66. The maximum Gasteiger partial charge on any atom is 0.168 e. The second-order valence-electron chi connectivity index (χ2n) is 7.66. The van der Waals surface area contributed by atoms with E-state index in [1.165, 1.54) is 0 Å². The third-order valence-corrected chi connectivity index (χ3v) is 6.17. The Morgan fingerprint density at radius 3 is 1.15 bits per heavy atom. The van der Waals surface area contributed by atoms with Crippen molar-refractivity contribution >= 4 is 23.1 Å². The van der Waals surface area contributed by atoms with Gasteiger partial charge in [-0.25, -0.2) is 0 Å². The molecule has 0 bridgehead atoms. The SMILES string of the molecule is Cc1ccc2c(c1)C(=O)C1C(C2=O)C2C(=O)c3cc(C)ccc3C(=O)C12. The van der Waals surface area contributed by atoms with Gasteiger partial charge in [-0.05, 0) is 26.0 Å². The number of fused-ring (bicyclic) bond motifs is 6. The van der Waals surface area contributed by atoms with Gasteiger partial charge in [-0.1, -0.05) is 35.4 Å². The minimum Gasteiger partial charge on any atom is -0.294 e. The summed E-state index contributed by atoms with van der Waals surface area (Å²) >= 11 is 0. The molecule has 0 amide bonds. The van der Waals surface area contributed by atoms with Crippen molar-refractivity contribution in [3.63, 3.8) is 0 Å². The summed E-state index contributed by atoms with van der Waals surface area (Å²) in [7, 11) is 0. The highest BCUT2D eigenvalue weighted by Crippen LogP contribution is 2.56. The van der Waals surface area contributed by atoms with Crippen molar-refractivity contribution in [2.75, 3.05) is 0 Å². The Bertz CT molecular complexity index is 968. The van der Waals surface area contributed by atoms with Gasteiger partial charge in [0.25, 0.3) is 0 Å². The fraction of sp³-hybridized carbons (Fsp3) is 0.273. The summed E-state index contributed by atoms with van der Waals surface area (Å²) in [5.74, 6) is -3.51. The fourth-order valence-electron chi connectivity index (χ4n) is 4.92. The molecule has 2 aromatic carbocycles. The standard InChI is InChI=1S/C22H16O4/c1-9-3-5-11-13(7-9)21(25)17-15(19(11)23)18-16(17)20(24)12-6-4-10(2)8-14(12)22(18)26/h3-8,15-18H,1-2H3. The van der Waals surface area contributed by atoms with Gasteiger partial charge in [0.2, 0.25) is 0 Å². The monoisotopic (exact) mass is 344 g/mol. The average Bonchev–Trinajstić information content (AvgIpc) is 2.58. The van der Waals surface area contributed by atoms with E-state index in [4.69, 9.17) is 0 Å². The predicted octanol–water partition coefficient (Wildman–Crippen LogP) is 3.24. The van der Waals surface area contributed by atoms with Crippen molar-refractivity contribution in [1.29, 1.82) is 0 Å². The topological polar surface area (TPSA) is 68.3 Å². The summed E-state index contributed by atoms with van der Waals surface area (Å²) < 4.78 is 0. The van der Waals surface area contributed by atoms with Gasteiger partial charge in [0.1, 0.15) is 0 Å². The third kappa shape index (κ3) is 1.69. The largest absolute Gasteiger partial charge is 0.294 e. The van der Waals surface area contributed by atoms with Crippen LogP contribution in [0.5, 0.6) is 0 Å². The van der Waals surface area contributed by atoms with E-state index in [0.29, 0.717) is 22.3 Å². The van der Waals surface area contributed by atoms with Crippen LogP contribution in [-0.4, -0.2) is 23.1 Å². The maximum atomic E-state index is 13.0. The van der Waals surface area contributed by atoms with Crippen LogP contribution in [0.2, 0.25) is 0 Å². The Balaban J connectivity index is 1.67. The molecule has 0 aliphatic heterocycles. The molecule has 0 spiro atoms. The van der Waals surface area contributed by atoms with Crippen molar-refractivity contribution in [2.45, 2.75) is 13.8 Å². The van der Waals surface area contributed by atoms with E-state index < -0.39 is 23.7 Å². The molecule has 3 aliphatic carbocycles. The number of rotatable bonds is 0. The van der Waals surface area contributed by atoms with Crippen LogP contribution in [0.4, 0.5) is 0 Å². The van der Waals surface area contributed by atoms with E-state index in [-0.39, 0.29) is 23.1 Å². The fourth-order valence-corrected chi connectivity index (χ4v) is 4.92. The van der Waals surface area contributed by atoms with Crippen molar-refractivity contribution in [2.24, 2.45) is 23.7 Å². The van der Waals surface area contributed by atoms with Gasteiger partial charge in [0.15, 0.2) is 23.1 Å². The van der Waals surface area contributed by atoms with Crippen molar-refractivity contribution < 1.29 is 19.2 Å². The molecule has 26 heavy (non-hydrogen) atoms. The number of hydrogen-bond acceptors (Lipinski definition) is 4. The molecule has 1 fully saturated rings. The van der Waals surface area contributed by atoms with Crippen LogP contribution < -0.4 is 0 Å². The molecule has 0 heterocycles. The first-order chi connectivity index (χ1) is 12.4. The lowest BCUT2D eigenvalue weighted by atomic mass is 9.45. The molecule has 128 valence electrons. The molecule has 0 aromatic heterocycles. The van der Waals surface area contributed by atoms with E-state index in [9.17, 15) is 19.2 Å². The first-order valence-electron chi connectivity index (χ1n) is 8.78. The van der Waals surface area contributed by atoms with Gasteiger partial charge < -0.3 is 0 Å². The lowest BCUT2D eigenvalue weighted by Gasteiger charge is -2.52. The molecule has 1 saturated carbocycles. The van der Waals surface area contributed by atoms with Crippen molar-refractivity contribution in [1.82, 2.24) is 0 Å². The number of hydrogen-bond donors (Lipinski definition) is 0. The quantitative estimate of drug-likeness (QED) is 0.736. The number of ketones is 4. The van der Waals surface area contributed by atoms with Gasteiger partial charge in [0, 0.05) is 45.9 Å². The summed E-state index contributed by atoms with van der Waals surface area (Å²) in [6.45, 7) is 3.73. The van der Waals surface area contributed by atoms with Gasteiger partial charge in [-0.15, -0.1) is 0 Å². The van der Waals surface area contributed by atoms with Gasteiger partial charge >= 0.3 is 0 Å². The predicted molar refractivity (Wildman–Crippen MR) is 93.6 cm³/mol. The van der Waals surface area contributed by atoms with Crippen LogP contribution in [0.3, 0.4) is 0 Å². The number of Topliss-reactive ketones (excluding diaryl/α,β-unsaturated/α-hetero) is 4. The number of benzene rings is 2. The molecule has 2 aromatic rings. The molecule has 3 aliphatic rings. The van der Waals surface area contributed by atoms with Crippen molar-refractivity contribution in [3.05, 3.63) is 69.8 Å². The zero-order valence-electron chi connectivity index (χ0n) is 14.4. The number of aryl methyl sites for hydroxylation is 2. The minimum absolute atomic E-state index is 0.175. The van der Waals surface area contributed by atoms with Crippen LogP contribution >= 0.6 is 0 Å². The van der Waals surface area contributed by atoms with E-state index in [2.05, 4.69) is 0 Å². The summed E-state index contributed by atoms with van der Waals surface area (Å²) in [5.41, 5.74) is 3.35. The van der Waals surface area contributed by atoms with E-state index in [0.717, 1.165) is 11.1 Å². The summed E-state index contributed by atoms with van der Waals surface area (Å²) in [6.07, 6.45) is 0. The minimum atomic E-state index is -0.701. The number of carbonyl (C=O) groups is 4. The van der Waals surface area contributed by atoms with Crippen LogP contribution in [-0.2, 0) is 0 Å². The molecule has 0 radical (unpaired) electrons. The van der Waals surface area contributed by atoms with Gasteiger partial charge in [-0.3, -0.25) is 19.2 Å². The Hall–Kier alpha value is -2.88. The molecule has 5 rings (SSSR count). The summed E-state index contributed by atoms with van der Waals surface area (Å²) in [6, 6.07) is 10.4. The van der Waals surface area contributed by atoms with Gasteiger partial charge in [-0.2, -0.15) is 0 Å². The first-order valence-corrected chi connectivity index (χ1v) is 8.78. The molecule has 0 atom stereocenters.